The summed E-state index contributed by atoms with van der Waals surface area (Å²) in [6.45, 7) is 5.76. The third-order valence-corrected chi connectivity index (χ3v) is 6.81. The standard InChI is InChI=1S/C23H21N3O4S2/c1-4-29-22(28)19-13(2)14(3)32-21(19)24-18(27)12-31-23-26-25-20(30-23)17-11-7-9-15-8-5-6-10-16(15)17/h5-11H,4,12H2,1-3H3,(H,24,27). The molecule has 0 aliphatic carbocycles. The average molecular weight is 468 g/mol. The van der Waals surface area contributed by atoms with Crippen LogP contribution in [0.15, 0.2) is 52.1 Å². The lowest BCUT2D eigenvalue weighted by Crippen LogP contribution is -2.16. The van der Waals surface area contributed by atoms with Gasteiger partial charge in [-0.15, -0.1) is 21.5 Å². The maximum Gasteiger partial charge on any atom is 0.341 e. The van der Waals surface area contributed by atoms with Crippen LogP contribution in [0.2, 0.25) is 0 Å². The van der Waals surface area contributed by atoms with Crippen molar-refractivity contribution in [3.63, 3.8) is 0 Å². The van der Waals surface area contributed by atoms with Gasteiger partial charge >= 0.3 is 5.97 Å². The third kappa shape index (κ3) is 4.53. The number of anilines is 1. The number of carbonyl (C=O) groups is 2. The van der Waals surface area contributed by atoms with Crippen molar-refractivity contribution in [2.75, 3.05) is 17.7 Å². The summed E-state index contributed by atoms with van der Waals surface area (Å²) in [4.78, 5) is 25.8. The van der Waals surface area contributed by atoms with Gasteiger partial charge in [-0.05, 0) is 43.2 Å². The Balaban J connectivity index is 1.44. The predicted octanol–water partition coefficient (Wildman–Crippen LogP) is 5.48. The smallest absolute Gasteiger partial charge is 0.341 e. The first-order valence-electron chi connectivity index (χ1n) is 9.99. The SMILES string of the molecule is CCOC(=O)c1c(NC(=O)CSc2nnc(-c3cccc4ccccc34)o2)sc(C)c1C. The monoisotopic (exact) mass is 467 g/mol. The van der Waals surface area contributed by atoms with Gasteiger partial charge in [0, 0.05) is 10.4 Å². The van der Waals surface area contributed by atoms with Gasteiger partial charge in [0.05, 0.1) is 17.9 Å². The van der Waals surface area contributed by atoms with Crippen LogP contribution < -0.4 is 5.32 Å². The topological polar surface area (TPSA) is 94.3 Å². The van der Waals surface area contributed by atoms with E-state index in [0.29, 0.717) is 21.7 Å². The lowest BCUT2D eigenvalue weighted by atomic mass is 10.0. The molecule has 2 aromatic heterocycles. The van der Waals surface area contributed by atoms with E-state index in [9.17, 15) is 9.59 Å². The van der Waals surface area contributed by atoms with Gasteiger partial charge in [-0.1, -0.05) is 48.2 Å². The van der Waals surface area contributed by atoms with Crippen LogP contribution in [0.5, 0.6) is 0 Å². The molecule has 1 amide bonds. The second kappa shape index (κ2) is 9.54. The van der Waals surface area contributed by atoms with Gasteiger partial charge in [0.25, 0.3) is 5.22 Å². The number of aryl methyl sites for hydroxylation is 1. The Bertz CT molecular complexity index is 1290. The number of nitrogens with one attached hydrogen (secondary N) is 1. The predicted molar refractivity (Wildman–Crippen MR) is 126 cm³/mol. The first-order valence-corrected chi connectivity index (χ1v) is 11.8. The molecule has 0 radical (unpaired) electrons. The highest BCUT2D eigenvalue weighted by molar-refractivity contribution is 7.99. The van der Waals surface area contributed by atoms with Crippen molar-refractivity contribution in [3.8, 4) is 11.5 Å². The zero-order valence-corrected chi connectivity index (χ0v) is 19.4. The van der Waals surface area contributed by atoms with Crippen LogP contribution in [0.1, 0.15) is 27.7 Å². The van der Waals surface area contributed by atoms with Crippen LogP contribution >= 0.6 is 23.1 Å². The van der Waals surface area contributed by atoms with Crippen molar-refractivity contribution in [3.05, 3.63) is 58.5 Å². The van der Waals surface area contributed by atoms with Crippen molar-refractivity contribution in [2.24, 2.45) is 0 Å². The molecule has 1 N–H and O–H groups in total. The Morgan fingerprint density at radius 1 is 1.12 bits per heavy atom. The molecule has 0 saturated carbocycles. The number of rotatable bonds is 7. The van der Waals surface area contributed by atoms with Gasteiger partial charge in [-0.2, -0.15) is 0 Å². The minimum atomic E-state index is -0.436. The summed E-state index contributed by atoms with van der Waals surface area (Å²) in [5.74, 6) is -0.241. The lowest BCUT2D eigenvalue weighted by Gasteiger charge is -2.06. The number of nitrogens with zero attached hydrogens (tertiary/aromatic N) is 2. The molecular weight excluding hydrogens is 446 g/mol. The quantitative estimate of drug-likeness (QED) is 0.284. The molecule has 0 atom stereocenters. The fourth-order valence-corrected chi connectivity index (χ4v) is 4.87. The molecule has 2 aromatic carbocycles. The van der Waals surface area contributed by atoms with E-state index in [1.165, 1.54) is 11.3 Å². The van der Waals surface area contributed by atoms with E-state index in [1.54, 1.807) is 6.92 Å². The number of hydrogen-bond acceptors (Lipinski definition) is 8. The number of amides is 1. The molecule has 4 rings (SSSR count). The first kappa shape index (κ1) is 22.0. The van der Waals surface area contributed by atoms with Crippen LogP contribution in [0, 0.1) is 13.8 Å². The minimum Gasteiger partial charge on any atom is -0.462 e. The number of thiophene rings is 1. The van der Waals surface area contributed by atoms with Crippen LogP contribution in [0.4, 0.5) is 5.00 Å². The number of benzene rings is 2. The number of thioether (sulfide) groups is 1. The number of ether oxygens (including phenoxy) is 1. The Hall–Kier alpha value is -3.17. The molecule has 0 bridgehead atoms. The number of esters is 1. The third-order valence-electron chi connectivity index (χ3n) is 4.87. The van der Waals surface area contributed by atoms with Gasteiger partial charge in [-0.3, -0.25) is 4.79 Å². The molecular formula is C23H21N3O4S2. The minimum absolute atomic E-state index is 0.0649. The Kier molecular flexibility index (Phi) is 6.57. The molecule has 0 fully saturated rings. The second-order valence-electron chi connectivity index (χ2n) is 6.94. The van der Waals surface area contributed by atoms with Gasteiger partial charge in [-0.25, -0.2) is 4.79 Å². The Morgan fingerprint density at radius 3 is 2.72 bits per heavy atom. The number of fused-ring (bicyclic) bond motifs is 1. The van der Waals surface area contributed by atoms with Crippen molar-refractivity contribution < 1.29 is 18.7 Å². The molecule has 0 unspecified atom stereocenters. The highest BCUT2D eigenvalue weighted by atomic mass is 32.2. The molecule has 0 spiro atoms. The van der Waals surface area contributed by atoms with Gasteiger partial charge in [0.15, 0.2) is 0 Å². The molecule has 32 heavy (non-hydrogen) atoms. The van der Waals surface area contributed by atoms with E-state index >= 15 is 0 Å². The van der Waals surface area contributed by atoms with Crippen molar-refractivity contribution >= 4 is 50.7 Å². The van der Waals surface area contributed by atoms with Crippen LogP contribution in [0.3, 0.4) is 0 Å². The van der Waals surface area contributed by atoms with Crippen molar-refractivity contribution in [1.29, 1.82) is 0 Å². The van der Waals surface area contributed by atoms with E-state index in [0.717, 1.165) is 38.5 Å². The summed E-state index contributed by atoms with van der Waals surface area (Å²) in [6, 6.07) is 13.8. The largest absolute Gasteiger partial charge is 0.462 e. The summed E-state index contributed by atoms with van der Waals surface area (Å²) < 4.78 is 10.9. The number of carbonyl (C=O) groups excluding carboxylic acids is 2. The molecule has 9 heteroatoms. The van der Waals surface area contributed by atoms with Gasteiger partial charge in [0.1, 0.15) is 5.00 Å². The zero-order chi connectivity index (χ0) is 22.7. The number of aromatic nitrogens is 2. The highest BCUT2D eigenvalue weighted by Gasteiger charge is 2.22. The summed E-state index contributed by atoms with van der Waals surface area (Å²) in [5, 5.41) is 13.9. The molecule has 0 aliphatic rings. The van der Waals surface area contributed by atoms with E-state index in [-0.39, 0.29) is 18.3 Å². The molecule has 164 valence electrons. The van der Waals surface area contributed by atoms with E-state index in [1.807, 2.05) is 56.3 Å². The van der Waals surface area contributed by atoms with Crippen molar-refractivity contribution in [2.45, 2.75) is 26.0 Å². The zero-order valence-electron chi connectivity index (χ0n) is 17.8. The lowest BCUT2D eigenvalue weighted by molar-refractivity contribution is -0.113. The molecule has 0 aliphatic heterocycles. The normalized spacial score (nSPS) is 11.0. The molecule has 4 aromatic rings. The maximum absolute atomic E-state index is 12.5. The van der Waals surface area contributed by atoms with Gasteiger partial charge in [0.2, 0.25) is 11.8 Å². The van der Waals surface area contributed by atoms with Crippen LogP contribution in [0.25, 0.3) is 22.2 Å². The van der Waals surface area contributed by atoms with Crippen LogP contribution in [-0.2, 0) is 9.53 Å². The fourth-order valence-electron chi connectivity index (χ4n) is 3.24. The summed E-state index contributed by atoms with van der Waals surface area (Å²) in [7, 11) is 0. The molecule has 7 nitrogen and oxygen atoms in total. The Morgan fingerprint density at radius 2 is 1.91 bits per heavy atom. The Labute approximate surface area is 193 Å². The second-order valence-corrected chi connectivity index (χ2v) is 9.10. The number of hydrogen-bond donors (Lipinski definition) is 1. The van der Waals surface area contributed by atoms with E-state index < -0.39 is 5.97 Å². The summed E-state index contributed by atoms with van der Waals surface area (Å²) >= 11 is 2.49. The first-order chi connectivity index (χ1) is 15.5. The van der Waals surface area contributed by atoms with Gasteiger partial charge < -0.3 is 14.5 Å². The van der Waals surface area contributed by atoms with E-state index in [4.69, 9.17) is 9.15 Å². The van der Waals surface area contributed by atoms with Crippen molar-refractivity contribution in [1.82, 2.24) is 10.2 Å². The fraction of sp³-hybridized carbons (Fsp3) is 0.217. The summed E-state index contributed by atoms with van der Waals surface area (Å²) in [6.07, 6.45) is 0. The average Bonchev–Trinajstić information content (AvgIpc) is 3.36. The molecule has 2 heterocycles. The van der Waals surface area contributed by atoms with E-state index in [2.05, 4.69) is 15.5 Å². The maximum atomic E-state index is 12.5. The van der Waals surface area contributed by atoms with Crippen LogP contribution in [-0.4, -0.2) is 34.4 Å². The highest BCUT2D eigenvalue weighted by Crippen LogP contribution is 2.34. The molecule has 0 saturated heterocycles. The summed E-state index contributed by atoms with van der Waals surface area (Å²) in [5.41, 5.74) is 2.06.